The van der Waals surface area contributed by atoms with E-state index in [0.717, 1.165) is 34.4 Å². The molecule has 1 aliphatic heterocycles. The zero-order chi connectivity index (χ0) is 35.4. The molecule has 0 radical (unpaired) electrons. The largest absolute Gasteiger partial charge is 0.507 e. The Labute approximate surface area is 289 Å². The molecule has 2 aromatic carbocycles. The quantitative estimate of drug-likeness (QED) is 0.194. The molecule has 0 spiro atoms. The Morgan fingerprint density at radius 3 is 1.28 bits per heavy atom. The van der Waals surface area contributed by atoms with Crippen molar-refractivity contribution in [2.75, 3.05) is 5.75 Å². The Morgan fingerprint density at radius 2 is 0.936 bits per heavy atom. The zero-order valence-corrected chi connectivity index (χ0v) is 32.2. The molecule has 0 saturated heterocycles. The van der Waals surface area contributed by atoms with Crippen LogP contribution in [0.2, 0.25) is 0 Å². The summed E-state index contributed by atoms with van der Waals surface area (Å²) in [5.41, 5.74) is 2.13. The average Bonchev–Trinajstić information content (AvgIpc) is 2.91. The average molecular weight is 668 g/mol. The van der Waals surface area contributed by atoms with Crippen LogP contribution in [0.5, 0.6) is 23.0 Å². The van der Waals surface area contributed by atoms with Gasteiger partial charge in [0.05, 0.1) is 0 Å². The number of ether oxygens (including phenoxy) is 2. The van der Waals surface area contributed by atoms with Gasteiger partial charge in [0.15, 0.2) is 0 Å². The third-order valence-electron chi connectivity index (χ3n) is 8.27. The molecule has 47 heavy (non-hydrogen) atoms. The summed E-state index contributed by atoms with van der Waals surface area (Å²) in [6.07, 6.45) is 7.54. The van der Waals surface area contributed by atoms with Gasteiger partial charge in [-0.2, -0.15) is 0 Å². The maximum atomic E-state index is 11.3. The molecule has 8 heteroatoms. The van der Waals surface area contributed by atoms with Crippen LogP contribution in [0.25, 0.3) is 0 Å². The molecule has 262 valence electrons. The van der Waals surface area contributed by atoms with Crippen LogP contribution in [0.1, 0.15) is 157 Å². The summed E-state index contributed by atoms with van der Waals surface area (Å²) in [7, 11) is 0. The first kappa shape index (κ1) is 38.6. The molecule has 7 nitrogen and oxygen atoms in total. The summed E-state index contributed by atoms with van der Waals surface area (Å²) in [6, 6.07) is 7.66. The molecule has 0 bridgehead atoms. The molecule has 1 heterocycles. The predicted molar refractivity (Wildman–Crippen MR) is 199 cm³/mol. The fourth-order valence-electron chi connectivity index (χ4n) is 5.51. The Bertz CT molecular complexity index is 1270. The molecule has 0 aromatic heterocycles. The molecule has 0 unspecified atom stereocenters. The molecular weight excluding hydrogens is 607 g/mol. The number of nitrogens with zero attached hydrogens (tertiary/aromatic N) is 3. The second-order valence-corrected chi connectivity index (χ2v) is 17.9. The molecule has 3 rings (SSSR count). The number of unbranched alkanes of at least 4 members (excludes halogenated alkanes) is 5. The van der Waals surface area contributed by atoms with Crippen LogP contribution >= 0.6 is 11.9 Å². The molecule has 0 fully saturated rings. The van der Waals surface area contributed by atoms with Crippen molar-refractivity contribution in [3.05, 3.63) is 46.5 Å². The number of rotatable bonds is 10. The minimum absolute atomic E-state index is 0.251. The molecule has 2 aromatic rings. The zero-order valence-electron chi connectivity index (χ0n) is 31.4. The SMILES string of the molecule is CCCCCCCCSN1N=C(Oc2cc(C(C)(C)C)c(O)c(C(C)(C)C)c2)CC(Oc2cc(C(C)(C)C)c(O)c(C(C)(C)C)c2)=N1. The van der Waals surface area contributed by atoms with Crippen LogP contribution in [0.3, 0.4) is 0 Å². The predicted octanol–water partition coefficient (Wildman–Crippen LogP) is 11.1. The lowest BCUT2D eigenvalue weighted by atomic mass is 9.79. The molecular formula is C39H61N3O4S. The van der Waals surface area contributed by atoms with Gasteiger partial charge in [-0.25, -0.2) is 0 Å². The topological polar surface area (TPSA) is 86.9 Å². The van der Waals surface area contributed by atoms with Gasteiger partial charge in [-0.1, -0.05) is 122 Å². The monoisotopic (exact) mass is 667 g/mol. The first-order valence-electron chi connectivity index (χ1n) is 17.3. The summed E-state index contributed by atoms with van der Waals surface area (Å²) < 4.78 is 14.6. The number of hydrazone groups is 2. The fourth-order valence-corrected chi connectivity index (χ4v) is 6.30. The summed E-state index contributed by atoms with van der Waals surface area (Å²) in [5, 5.41) is 32.0. The maximum absolute atomic E-state index is 11.3. The fraction of sp³-hybridized carbons (Fsp3) is 0.641. The van der Waals surface area contributed by atoms with Crippen LogP contribution in [0.4, 0.5) is 0 Å². The molecule has 1 aliphatic rings. The lowest BCUT2D eigenvalue weighted by molar-refractivity contribution is 0.407. The standard InChI is InChI=1S/C39H61N3O4S/c1-14-15-16-17-18-19-20-47-42-40-32(45-26-21-28(36(2,3)4)34(43)29(22-26)37(5,6)7)25-33(41-42)46-27-23-30(38(8,9)10)35(44)31(24-27)39(11,12)13/h21-24,43-44H,14-20,25H2,1-13H3. The highest BCUT2D eigenvalue weighted by molar-refractivity contribution is 7.96. The molecule has 0 atom stereocenters. The Hall–Kier alpha value is -2.87. The van der Waals surface area contributed by atoms with Gasteiger partial charge in [0.25, 0.3) is 0 Å². The van der Waals surface area contributed by atoms with E-state index in [-0.39, 0.29) is 28.1 Å². The van der Waals surface area contributed by atoms with E-state index in [0.29, 0.717) is 34.8 Å². The normalized spacial score (nSPS) is 14.6. The summed E-state index contributed by atoms with van der Waals surface area (Å²) in [5.74, 6) is 3.65. The third kappa shape index (κ3) is 10.8. The lowest BCUT2D eigenvalue weighted by Crippen LogP contribution is -2.28. The highest BCUT2D eigenvalue weighted by atomic mass is 32.2. The number of aromatic hydroxyl groups is 2. The van der Waals surface area contributed by atoms with Crippen LogP contribution in [-0.2, 0) is 21.7 Å². The Kier molecular flexibility index (Phi) is 12.4. The molecule has 0 amide bonds. The third-order valence-corrected chi connectivity index (χ3v) is 9.14. The summed E-state index contributed by atoms with van der Waals surface area (Å²) >= 11 is 1.54. The molecule has 2 N–H and O–H groups in total. The van der Waals surface area contributed by atoms with Crippen molar-refractivity contribution < 1.29 is 19.7 Å². The number of hydrogen-bond acceptors (Lipinski definition) is 8. The van der Waals surface area contributed by atoms with E-state index in [1.807, 2.05) is 24.3 Å². The van der Waals surface area contributed by atoms with E-state index in [2.05, 4.69) is 90.0 Å². The van der Waals surface area contributed by atoms with Gasteiger partial charge in [-0.3, -0.25) is 0 Å². The van der Waals surface area contributed by atoms with Crippen molar-refractivity contribution in [1.82, 2.24) is 4.52 Å². The van der Waals surface area contributed by atoms with Crippen molar-refractivity contribution in [3.8, 4) is 23.0 Å². The first-order chi connectivity index (χ1) is 21.6. The van der Waals surface area contributed by atoms with Gasteiger partial charge < -0.3 is 19.7 Å². The smallest absolute Gasteiger partial charge is 0.224 e. The first-order valence-corrected chi connectivity index (χ1v) is 18.2. The maximum Gasteiger partial charge on any atom is 0.224 e. The number of phenolic OH excluding ortho intramolecular Hbond substituents is 2. The number of hydrogen-bond donors (Lipinski definition) is 2. The Balaban J connectivity index is 1.98. The van der Waals surface area contributed by atoms with Gasteiger partial charge in [0, 0.05) is 28.0 Å². The van der Waals surface area contributed by atoms with E-state index in [9.17, 15) is 10.2 Å². The highest BCUT2D eigenvalue weighted by Crippen LogP contribution is 2.43. The summed E-state index contributed by atoms with van der Waals surface area (Å²) in [4.78, 5) is 0. The van der Waals surface area contributed by atoms with E-state index in [1.165, 1.54) is 32.1 Å². The van der Waals surface area contributed by atoms with Gasteiger partial charge in [0.2, 0.25) is 11.8 Å². The van der Waals surface area contributed by atoms with Crippen LogP contribution < -0.4 is 9.47 Å². The van der Waals surface area contributed by atoms with E-state index >= 15 is 0 Å². The van der Waals surface area contributed by atoms with Crippen molar-refractivity contribution >= 4 is 23.7 Å². The van der Waals surface area contributed by atoms with Crippen molar-refractivity contribution in [2.45, 2.75) is 157 Å². The minimum Gasteiger partial charge on any atom is -0.507 e. The highest BCUT2D eigenvalue weighted by Gasteiger charge is 2.30. The second kappa shape index (κ2) is 15.1. The lowest BCUT2D eigenvalue weighted by Gasteiger charge is -2.29. The number of benzene rings is 2. The van der Waals surface area contributed by atoms with E-state index in [1.54, 1.807) is 16.5 Å². The second-order valence-electron chi connectivity index (χ2n) is 17.0. The molecule has 0 saturated carbocycles. The minimum atomic E-state index is -0.291. The van der Waals surface area contributed by atoms with Crippen molar-refractivity contribution in [2.24, 2.45) is 10.2 Å². The summed E-state index contributed by atoms with van der Waals surface area (Å²) in [6.45, 7) is 27.3. The van der Waals surface area contributed by atoms with Crippen LogP contribution in [-0.4, -0.2) is 32.3 Å². The van der Waals surface area contributed by atoms with E-state index < -0.39 is 0 Å². The van der Waals surface area contributed by atoms with Crippen molar-refractivity contribution in [3.63, 3.8) is 0 Å². The van der Waals surface area contributed by atoms with Gasteiger partial charge in [0.1, 0.15) is 29.4 Å². The van der Waals surface area contributed by atoms with Crippen molar-refractivity contribution in [1.29, 1.82) is 0 Å². The van der Waals surface area contributed by atoms with Crippen LogP contribution in [0.15, 0.2) is 34.5 Å². The van der Waals surface area contributed by atoms with Gasteiger partial charge >= 0.3 is 0 Å². The van der Waals surface area contributed by atoms with Gasteiger partial charge in [-0.05, 0) is 64.3 Å². The van der Waals surface area contributed by atoms with E-state index in [4.69, 9.17) is 19.7 Å². The van der Waals surface area contributed by atoms with Crippen LogP contribution in [0, 0.1) is 0 Å². The van der Waals surface area contributed by atoms with Gasteiger partial charge in [-0.15, -0.1) is 14.7 Å². The Morgan fingerprint density at radius 1 is 0.596 bits per heavy atom. The molecule has 0 aliphatic carbocycles. The number of phenols is 2.